The number of nitrogens with zero attached hydrogens (tertiary/aromatic N) is 3. The van der Waals surface area contributed by atoms with E-state index in [2.05, 4.69) is 21.0 Å². The van der Waals surface area contributed by atoms with E-state index in [1.165, 1.54) is 11.1 Å². The molecule has 1 aliphatic rings. The number of rotatable bonds is 8. The first kappa shape index (κ1) is 27.7. The number of fused-ring (bicyclic) bond motifs is 1. The molecule has 5 rings (SSSR count). The predicted octanol–water partition coefficient (Wildman–Crippen LogP) is 8.37. The fourth-order valence-electron chi connectivity index (χ4n) is 4.86. The fraction of sp³-hybridized carbons (Fsp3) is 0.300. The molecule has 0 radical (unpaired) electrons. The maximum atomic E-state index is 13.6. The molecule has 4 aromatic rings. The Morgan fingerprint density at radius 3 is 2.62 bits per heavy atom. The molecule has 1 fully saturated rings. The van der Waals surface area contributed by atoms with Crippen molar-refractivity contribution in [3.8, 4) is 11.5 Å². The third-order valence-corrected chi connectivity index (χ3v) is 7.93. The molecule has 3 aromatic carbocycles. The molecule has 6 nitrogen and oxygen atoms in total. The number of hydrogen-bond acceptors (Lipinski definition) is 5. The Kier molecular flexibility index (Phi) is 8.90. The predicted molar refractivity (Wildman–Crippen MR) is 161 cm³/mol. The van der Waals surface area contributed by atoms with Crippen molar-refractivity contribution in [2.24, 2.45) is 5.10 Å². The maximum Gasteiger partial charge on any atom is 0.282 e. The second kappa shape index (κ2) is 12.5. The Labute approximate surface area is 245 Å². The van der Waals surface area contributed by atoms with Crippen molar-refractivity contribution in [1.29, 1.82) is 0 Å². The third kappa shape index (κ3) is 6.32. The van der Waals surface area contributed by atoms with Gasteiger partial charge in [0, 0.05) is 21.0 Å². The van der Waals surface area contributed by atoms with E-state index in [-0.39, 0.29) is 18.1 Å². The first-order chi connectivity index (χ1) is 18.9. The molecule has 1 aliphatic carbocycles. The molecular formula is C30H28BrCl2N3O3. The molecule has 0 atom stereocenters. The quantitative estimate of drug-likeness (QED) is 0.184. The lowest BCUT2D eigenvalue weighted by Gasteiger charge is -2.22. The van der Waals surface area contributed by atoms with Crippen molar-refractivity contribution < 1.29 is 9.47 Å². The Morgan fingerprint density at radius 2 is 1.85 bits per heavy atom. The smallest absolute Gasteiger partial charge is 0.282 e. The zero-order valence-electron chi connectivity index (χ0n) is 21.5. The van der Waals surface area contributed by atoms with Gasteiger partial charge in [-0.3, -0.25) is 4.79 Å². The highest BCUT2D eigenvalue weighted by atomic mass is 79.9. The summed E-state index contributed by atoms with van der Waals surface area (Å²) in [6.45, 7) is 2.56. The zero-order valence-corrected chi connectivity index (χ0v) is 24.6. The van der Waals surface area contributed by atoms with Crippen LogP contribution in [0.5, 0.6) is 11.5 Å². The second-order valence-electron chi connectivity index (χ2n) is 9.47. The fourth-order valence-corrected chi connectivity index (χ4v) is 5.68. The summed E-state index contributed by atoms with van der Waals surface area (Å²) in [5, 5.41) is 6.14. The second-order valence-corrected chi connectivity index (χ2v) is 11.2. The van der Waals surface area contributed by atoms with Crippen molar-refractivity contribution in [3.63, 3.8) is 0 Å². The van der Waals surface area contributed by atoms with Crippen LogP contribution in [0.25, 0.3) is 10.9 Å². The molecule has 1 heterocycles. The van der Waals surface area contributed by atoms with Crippen molar-refractivity contribution in [3.05, 3.63) is 96.4 Å². The lowest BCUT2D eigenvalue weighted by molar-refractivity contribution is 0.269. The molecule has 202 valence electrons. The van der Waals surface area contributed by atoms with Crippen LogP contribution in [0.15, 0.2) is 69.0 Å². The Hall–Kier alpha value is -2.87. The summed E-state index contributed by atoms with van der Waals surface area (Å²) in [6.07, 6.45) is 7.03. The van der Waals surface area contributed by atoms with Crippen molar-refractivity contribution in [2.75, 3.05) is 6.61 Å². The first-order valence-electron chi connectivity index (χ1n) is 13.0. The van der Waals surface area contributed by atoms with Gasteiger partial charge in [-0.15, -0.1) is 0 Å². The van der Waals surface area contributed by atoms with E-state index in [0.29, 0.717) is 50.4 Å². The van der Waals surface area contributed by atoms with Gasteiger partial charge >= 0.3 is 0 Å². The summed E-state index contributed by atoms with van der Waals surface area (Å²) in [4.78, 5) is 18.5. The lowest BCUT2D eigenvalue weighted by atomic mass is 9.88. The molecule has 9 heteroatoms. The van der Waals surface area contributed by atoms with E-state index in [1.54, 1.807) is 24.4 Å². The number of ether oxygens (including phenoxy) is 2. The van der Waals surface area contributed by atoms with Crippen LogP contribution in [-0.4, -0.2) is 22.5 Å². The molecule has 0 amide bonds. The molecule has 0 N–H and O–H groups in total. The van der Waals surface area contributed by atoms with Gasteiger partial charge in [0.1, 0.15) is 12.4 Å². The molecule has 0 aliphatic heterocycles. The Balaban J connectivity index is 1.51. The van der Waals surface area contributed by atoms with Gasteiger partial charge in [0.2, 0.25) is 0 Å². The summed E-state index contributed by atoms with van der Waals surface area (Å²) in [7, 11) is 0. The van der Waals surface area contributed by atoms with E-state index in [0.717, 1.165) is 35.7 Å². The van der Waals surface area contributed by atoms with Crippen LogP contribution < -0.4 is 15.0 Å². The molecule has 0 spiro atoms. The monoisotopic (exact) mass is 627 g/mol. The van der Waals surface area contributed by atoms with Crippen LogP contribution in [0.2, 0.25) is 10.0 Å². The van der Waals surface area contributed by atoms with E-state index in [1.807, 2.05) is 43.3 Å². The van der Waals surface area contributed by atoms with Crippen LogP contribution in [-0.2, 0) is 6.61 Å². The van der Waals surface area contributed by atoms with Gasteiger partial charge in [0.05, 0.1) is 28.7 Å². The Morgan fingerprint density at radius 1 is 1.05 bits per heavy atom. The van der Waals surface area contributed by atoms with Crippen LogP contribution in [0.1, 0.15) is 61.9 Å². The van der Waals surface area contributed by atoms with Crippen LogP contribution in [0.4, 0.5) is 0 Å². The van der Waals surface area contributed by atoms with Crippen molar-refractivity contribution in [2.45, 2.75) is 51.6 Å². The number of aromatic nitrogens is 2. The van der Waals surface area contributed by atoms with E-state index >= 15 is 0 Å². The summed E-state index contributed by atoms with van der Waals surface area (Å²) in [5.74, 6) is 1.79. The topological polar surface area (TPSA) is 65.7 Å². The van der Waals surface area contributed by atoms with Gasteiger partial charge < -0.3 is 9.47 Å². The first-order valence-corrected chi connectivity index (χ1v) is 14.6. The van der Waals surface area contributed by atoms with Crippen LogP contribution >= 0.6 is 39.1 Å². The normalized spacial score (nSPS) is 14.3. The average molecular weight is 629 g/mol. The molecule has 1 aromatic heterocycles. The third-order valence-electron chi connectivity index (χ3n) is 6.79. The minimum atomic E-state index is -0.200. The highest BCUT2D eigenvalue weighted by molar-refractivity contribution is 9.10. The zero-order chi connectivity index (χ0) is 27.4. The summed E-state index contributed by atoms with van der Waals surface area (Å²) in [5.41, 5.74) is 1.99. The van der Waals surface area contributed by atoms with Gasteiger partial charge in [0.25, 0.3) is 5.56 Å². The minimum Gasteiger partial charge on any atom is -0.490 e. The van der Waals surface area contributed by atoms with E-state index in [4.69, 9.17) is 37.7 Å². The number of hydrogen-bond donors (Lipinski definition) is 0. The Bertz CT molecular complexity index is 1580. The average Bonchev–Trinajstić information content (AvgIpc) is 2.94. The summed E-state index contributed by atoms with van der Waals surface area (Å²) in [6, 6.07) is 16.6. The lowest BCUT2D eigenvalue weighted by Crippen LogP contribution is -2.25. The molecule has 39 heavy (non-hydrogen) atoms. The van der Waals surface area contributed by atoms with E-state index in [9.17, 15) is 4.79 Å². The highest BCUT2D eigenvalue weighted by Gasteiger charge is 2.22. The molecular weight excluding hydrogens is 601 g/mol. The van der Waals surface area contributed by atoms with Crippen LogP contribution in [0.3, 0.4) is 0 Å². The van der Waals surface area contributed by atoms with Gasteiger partial charge in [0.15, 0.2) is 11.5 Å². The van der Waals surface area contributed by atoms with Gasteiger partial charge in [-0.25, -0.2) is 4.98 Å². The van der Waals surface area contributed by atoms with E-state index < -0.39 is 0 Å². The molecule has 1 saturated carbocycles. The SMILES string of the molecule is CCOc1cc(C=Nn2c(C3CCCCC3)nc3ccc(Br)cc3c2=O)cc(Cl)c1OCc1ccccc1Cl. The largest absolute Gasteiger partial charge is 0.490 e. The summed E-state index contributed by atoms with van der Waals surface area (Å²) >= 11 is 16.4. The molecule has 0 saturated heterocycles. The van der Waals surface area contributed by atoms with Gasteiger partial charge in [-0.05, 0) is 61.7 Å². The number of benzene rings is 3. The maximum absolute atomic E-state index is 13.6. The van der Waals surface area contributed by atoms with Crippen LogP contribution in [0, 0.1) is 0 Å². The molecule has 0 unspecified atom stereocenters. The standard InChI is InChI=1S/C30H28BrCl2N3O3/c1-2-38-27-15-19(14-25(33)28(27)39-18-21-10-6-7-11-24(21)32)17-34-36-29(20-8-4-3-5-9-20)35-26-13-12-22(31)16-23(26)30(36)37/h6-7,10-17,20H,2-5,8-9,18H2,1H3. The van der Waals surface area contributed by atoms with Gasteiger partial charge in [-0.1, -0.05) is 76.6 Å². The van der Waals surface area contributed by atoms with Gasteiger partial charge in [-0.2, -0.15) is 9.78 Å². The minimum absolute atomic E-state index is 0.180. The van der Waals surface area contributed by atoms with Crippen molar-refractivity contribution in [1.82, 2.24) is 9.66 Å². The molecule has 0 bridgehead atoms. The van der Waals surface area contributed by atoms with Crippen molar-refractivity contribution >= 4 is 56.2 Å². The summed E-state index contributed by atoms with van der Waals surface area (Å²) < 4.78 is 14.1. The highest BCUT2D eigenvalue weighted by Crippen LogP contribution is 2.37. The number of halogens is 3.